The van der Waals surface area contributed by atoms with E-state index in [1.807, 2.05) is 30.7 Å². The van der Waals surface area contributed by atoms with Gasteiger partial charge in [0.25, 0.3) is 0 Å². The molecule has 0 aliphatic carbocycles. The maximum absolute atomic E-state index is 13.3. The first-order chi connectivity index (χ1) is 15.2. The average molecular weight is 546 g/mol. The molecule has 0 bridgehead atoms. The van der Waals surface area contributed by atoms with Gasteiger partial charge in [0.2, 0.25) is 0 Å². The van der Waals surface area contributed by atoms with Crippen LogP contribution < -0.4 is 10.6 Å². The maximum Gasteiger partial charge on any atom is 0.191 e. The Labute approximate surface area is 204 Å². The second-order valence-electron chi connectivity index (χ2n) is 7.39. The number of hydrogen-bond donors (Lipinski definition) is 3. The summed E-state index contributed by atoms with van der Waals surface area (Å²) in [6, 6.07) is 15.2. The number of rotatable bonds is 8. The first kappa shape index (κ1) is 23.8. The summed E-state index contributed by atoms with van der Waals surface area (Å²) in [4.78, 5) is 11.9. The molecule has 2 aromatic carbocycles. The van der Waals surface area contributed by atoms with Crippen LogP contribution in [0.2, 0.25) is 0 Å². The fourth-order valence-electron chi connectivity index (χ4n) is 3.69. The summed E-state index contributed by atoms with van der Waals surface area (Å²) in [5.41, 5.74) is 3.23. The normalized spacial score (nSPS) is 11.4. The summed E-state index contributed by atoms with van der Waals surface area (Å²) in [6.07, 6.45) is 7.41. The number of aromatic amines is 1. The maximum atomic E-state index is 13.3. The SMILES string of the molecule is CN=C(NCCc1c[nH]c2cc(F)ccc12)NCCc1nccn1Cc1ccccc1.I. The Morgan fingerprint density at radius 2 is 1.88 bits per heavy atom. The van der Waals surface area contributed by atoms with Gasteiger partial charge in [0.1, 0.15) is 11.6 Å². The highest BCUT2D eigenvalue weighted by Crippen LogP contribution is 2.19. The van der Waals surface area contributed by atoms with Gasteiger partial charge >= 0.3 is 0 Å². The largest absolute Gasteiger partial charge is 0.361 e. The second kappa shape index (κ2) is 11.7. The highest BCUT2D eigenvalue weighted by Gasteiger charge is 2.07. The van der Waals surface area contributed by atoms with Gasteiger partial charge in [0.05, 0.1) is 0 Å². The van der Waals surface area contributed by atoms with Crippen LogP contribution in [0.3, 0.4) is 0 Å². The molecule has 0 saturated heterocycles. The molecule has 0 radical (unpaired) electrons. The van der Waals surface area contributed by atoms with Gasteiger partial charge in [-0.3, -0.25) is 4.99 Å². The second-order valence-corrected chi connectivity index (χ2v) is 7.39. The van der Waals surface area contributed by atoms with Crippen molar-refractivity contribution in [3.8, 4) is 0 Å². The Morgan fingerprint density at radius 3 is 2.66 bits per heavy atom. The molecule has 0 fully saturated rings. The molecule has 8 heteroatoms. The van der Waals surface area contributed by atoms with Gasteiger partial charge in [-0.15, -0.1) is 24.0 Å². The lowest BCUT2D eigenvalue weighted by Gasteiger charge is -2.12. The molecule has 0 atom stereocenters. The van der Waals surface area contributed by atoms with Crippen molar-refractivity contribution in [3.05, 3.63) is 89.9 Å². The number of aromatic nitrogens is 3. The Bertz CT molecular complexity index is 1150. The van der Waals surface area contributed by atoms with Gasteiger partial charge in [-0.25, -0.2) is 9.37 Å². The van der Waals surface area contributed by atoms with Crippen LogP contribution in [0.4, 0.5) is 4.39 Å². The lowest BCUT2D eigenvalue weighted by Crippen LogP contribution is -2.39. The minimum absolute atomic E-state index is 0. The van der Waals surface area contributed by atoms with Crippen molar-refractivity contribution in [2.45, 2.75) is 19.4 Å². The minimum Gasteiger partial charge on any atom is -0.361 e. The number of benzene rings is 2. The van der Waals surface area contributed by atoms with Gasteiger partial charge in [-0.05, 0) is 35.7 Å². The van der Waals surface area contributed by atoms with Crippen molar-refractivity contribution in [2.75, 3.05) is 20.1 Å². The summed E-state index contributed by atoms with van der Waals surface area (Å²) in [6.45, 7) is 2.28. The molecule has 32 heavy (non-hydrogen) atoms. The van der Waals surface area contributed by atoms with Crippen LogP contribution in [0.5, 0.6) is 0 Å². The van der Waals surface area contributed by atoms with E-state index in [0.717, 1.165) is 60.7 Å². The van der Waals surface area contributed by atoms with E-state index in [1.165, 1.54) is 17.7 Å². The molecular formula is C24H28FIN6. The number of halogens is 2. The van der Waals surface area contributed by atoms with Gasteiger partial charge in [-0.1, -0.05) is 30.3 Å². The number of fused-ring (bicyclic) bond motifs is 1. The van der Waals surface area contributed by atoms with Crippen molar-refractivity contribution in [2.24, 2.45) is 4.99 Å². The van der Waals surface area contributed by atoms with E-state index in [2.05, 4.69) is 54.4 Å². The van der Waals surface area contributed by atoms with E-state index < -0.39 is 0 Å². The molecule has 168 valence electrons. The van der Waals surface area contributed by atoms with E-state index in [0.29, 0.717) is 0 Å². The third-order valence-corrected chi connectivity index (χ3v) is 5.28. The summed E-state index contributed by atoms with van der Waals surface area (Å²) < 4.78 is 15.5. The first-order valence-corrected chi connectivity index (χ1v) is 10.5. The van der Waals surface area contributed by atoms with Crippen molar-refractivity contribution in [1.29, 1.82) is 0 Å². The average Bonchev–Trinajstić information content (AvgIpc) is 3.39. The fraction of sp³-hybridized carbons (Fsp3) is 0.250. The van der Waals surface area contributed by atoms with E-state index in [1.54, 1.807) is 7.05 Å². The zero-order chi connectivity index (χ0) is 21.5. The Hall–Kier alpha value is -2.88. The van der Waals surface area contributed by atoms with Gasteiger partial charge in [-0.2, -0.15) is 0 Å². The predicted octanol–water partition coefficient (Wildman–Crippen LogP) is 4.12. The number of nitrogens with one attached hydrogen (secondary N) is 3. The smallest absolute Gasteiger partial charge is 0.191 e. The third kappa shape index (κ3) is 6.09. The Kier molecular flexibility index (Phi) is 8.66. The van der Waals surface area contributed by atoms with E-state index >= 15 is 0 Å². The summed E-state index contributed by atoms with van der Waals surface area (Å²) in [5.74, 6) is 1.57. The molecule has 4 aromatic rings. The third-order valence-electron chi connectivity index (χ3n) is 5.28. The van der Waals surface area contributed by atoms with Gasteiger partial charge in [0, 0.05) is 62.6 Å². The van der Waals surface area contributed by atoms with Crippen LogP contribution in [0.15, 0.2) is 72.1 Å². The first-order valence-electron chi connectivity index (χ1n) is 10.5. The predicted molar refractivity (Wildman–Crippen MR) is 138 cm³/mol. The number of H-pyrrole nitrogens is 1. The molecule has 0 unspecified atom stereocenters. The summed E-state index contributed by atoms with van der Waals surface area (Å²) >= 11 is 0. The lowest BCUT2D eigenvalue weighted by molar-refractivity contribution is 0.629. The molecule has 0 spiro atoms. The molecule has 0 saturated carbocycles. The van der Waals surface area contributed by atoms with Crippen LogP contribution >= 0.6 is 24.0 Å². The van der Waals surface area contributed by atoms with Crippen LogP contribution in [0.1, 0.15) is 17.0 Å². The van der Waals surface area contributed by atoms with Crippen LogP contribution in [0, 0.1) is 5.82 Å². The highest BCUT2D eigenvalue weighted by molar-refractivity contribution is 14.0. The topological polar surface area (TPSA) is 70.0 Å². The number of guanidine groups is 1. The van der Waals surface area contributed by atoms with Gasteiger partial charge in [0.15, 0.2) is 5.96 Å². The molecule has 0 amide bonds. The van der Waals surface area contributed by atoms with Crippen LogP contribution in [-0.2, 0) is 19.4 Å². The van der Waals surface area contributed by atoms with Crippen LogP contribution in [0.25, 0.3) is 10.9 Å². The number of imidazole rings is 1. The highest BCUT2D eigenvalue weighted by atomic mass is 127. The molecule has 0 aliphatic rings. The van der Waals surface area contributed by atoms with E-state index in [9.17, 15) is 4.39 Å². The summed E-state index contributed by atoms with van der Waals surface area (Å²) in [7, 11) is 1.76. The van der Waals surface area contributed by atoms with Gasteiger partial charge < -0.3 is 20.2 Å². The number of hydrogen-bond acceptors (Lipinski definition) is 2. The Balaban J connectivity index is 0.00000289. The lowest BCUT2D eigenvalue weighted by atomic mass is 10.1. The minimum atomic E-state index is -0.229. The molecule has 0 aliphatic heterocycles. The molecule has 3 N–H and O–H groups in total. The van der Waals surface area contributed by atoms with E-state index in [4.69, 9.17) is 0 Å². The van der Waals surface area contributed by atoms with Crippen LogP contribution in [-0.4, -0.2) is 40.6 Å². The number of aliphatic imine (C=N–C) groups is 1. The zero-order valence-electron chi connectivity index (χ0n) is 18.0. The quantitative estimate of drug-likeness (QED) is 0.177. The van der Waals surface area contributed by atoms with Crippen molar-refractivity contribution in [1.82, 2.24) is 25.2 Å². The van der Waals surface area contributed by atoms with Crippen molar-refractivity contribution >= 4 is 40.8 Å². The van der Waals surface area contributed by atoms with Crippen molar-refractivity contribution in [3.63, 3.8) is 0 Å². The molecular weight excluding hydrogens is 518 g/mol. The molecule has 6 nitrogen and oxygen atoms in total. The summed E-state index contributed by atoms with van der Waals surface area (Å²) in [5, 5.41) is 7.75. The molecule has 4 rings (SSSR count). The molecule has 2 aromatic heterocycles. The van der Waals surface area contributed by atoms with Crippen molar-refractivity contribution < 1.29 is 4.39 Å². The number of nitrogens with zero attached hydrogens (tertiary/aromatic N) is 3. The van der Waals surface area contributed by atoms with E-state index in [-0.39, 0.29) is 29.8 Å². The molecule has 2 heterocycles. The fourth-order valence-corrected chi connectivity index (χ4v) is 3.69. The Morgan fingerprint density at radius 1 is 1.09 bits per heavy atom. The monoisotopic (exact) mass is 546 g/mol. The zero-order valence-corrected chi connectivity index (χ0v) is 20.3. The standard InChI is InChI=1S/C24H27FN6.HI/c1-26-24(28-11-9-19-16-30-22-15-20(25)7-8-21(19)22)29-12-10-23-27-13-14-31(23)17-18-5-3-2-4-6-18;/h2-8,13-16,30H,9-12,17H2,1H3,(H2,26,28,29);1H.